The topological polar surface area (TPSA) is 89.5 Å². The lowest BCUT2D eigenvalue weighted by atomic mass is 10.2. The van der Waals surface area contributed by atoms with Gasteiger partial charge in [0.25, 0.3) is 5.91 Å². The first kappa shape index (κ1) is 16.4. The van der Waals surface area contributed by atoms with Crippen molar-refractivity contribution in [1.29, 1.82) is 0 Å². The molecule has 3 aromatic rings. The van der Waals surface area contributed by atoms with Crippen molar-refractivity contribution >= 4 is 28.9 Å². The second kappa shape index (κ2) is 6.96. The van der Waals surface area contributed by atoms with E-state index in [4.69, 9.17) is 5.73 Å². The van der Waals surface area contributed by atoms with E-state index in [2.05, 4.69) is 10.5 Å². The number of carbonyl (C=O) groups is 2. The van der Waals surface area contributed by atoms with Crippen LogP contribution in [0.15, 0.2) is 59.8 Å². The molecule has 0 bridgehead atoms. The van der Waals surface area contributed by atoms with E-state index < -0.39 is 17.6 Å². The third-order valence-corrected chi connectivity index (χ3v) is 3.62. The number of hydrogen-bond donors (Lipinski definition) is 2. The highest BCUT2D eigenvalue weighted by atomic mass is 19.1. The number of fused-ring (bicyclic) bond motifs is 1. The number of rotatable bonds is 5. The highest BCUT2D eigenvalue weighted by molar-refractivity contribution is 6.01. The van der Waals surface area contributed by atoms with Crippen LogP contribution in [0, 0.1) is 5.82 Å². The van der Waals surface area contributed by atoms with Gasteiger partial charge in [0.2, 0.25) is 5.91 Å². The third-order valence-electron chi connectivity index (χ3n) is 3.62. The maximum Gasteiger partial charge on any atom is 0.271 e. The van der Waals surface area contributed by atoms with Crippen molar-refractivity contribution in [3.8, 4) is 0 Å². The minimum atomic E-state index is -0.450. The highest BCUT2D eigenvalue weighted by Crippen LogP contribution is 2.19. The van der Waals surface area contributed by atoms with Gasteiger partial charge < -0.3 is 10.3 Å². The summed E-state index contributed by atoms with van der Waals surface area (Å²) in [5.74, 6) is -1.31. The zero-order chi connectivity index (χ0) is 17.8. The normalized spacial score (nSPS) is 11.1. The van der Waals surface area contributed by atoms with Gasteiger partial charge in [-0.2, -0.15) is 5.10 Å². The van der Waals surface area contributed by atoms with Crippen molar-refractivity contribution in [2.45, 2.75) is 6.54 Å². The summed E-state index contributed by atoms with van der Waals surface area (Å²) in [6.07, 6.45) is 3.23. The van der Waals surface area contributed by atoms with E-state index in [0.717, 1.165) is 16.5 Å². The molecule has 0 fully saturated rings. The van der Waals surface area contributed by atoms with Crippen LogP contribution in [0.3, 0.4) is 0 Å². The van der Waals surface area contributed by atoms with E-state index in [1.165, 1.54) is 30.5 Å². The second-order valence-corrected chi connectivity index (χ2v) is 5.40. The zero-order valence-electron chi connectivity index (χ0n) is 13.1. The number of hydrazone groups is 1. The van der Waals surface area contributed by atoms with E-state index in [1.54, 1.807) is 10.8 Å². The average Bonchev–Trinajstić information content (AvgIpc) is 2.93. The molecule has 0 aliphatic heterocycles. The number of aromatic nitrogens is 1. The van der Waals surface area contributed by atoms with Gasteiger partial charge in [0.15, 0.2) is 0 Å². The van der Waals surface area contributed by atoms with Crippen LogP contribution in [0.1, 0.15) is 15.9 Å². The van der Waals surface area contributed by atoms with Gasteiger partial charge in [-0.1, -0.05) is 18.2 Å². The zero-order valence-corrected chi connectivity index (χ0v) is 13.1. The SMILES string of the molecule is NC(=O)Cn1cc(/C=N/NC(=O)c2ccc(F)cc2)c2ccccc21. The molecule has 0 unspecified atom stereocenters. The van der Waals surface area contributed by atoms with E-state index in [1.807, 2.05) is 24.3 Å². The Kier molecular flexibility index (Phi) is 4.56. The van der Waals surface area contributed by atoms with Crippen molar-refractivity contribution in [1.82, 2.24) is 9.99 Å². The lowest BCUT2D eigenvalue weighted by molar-refractivity contribution is -0.118. The molecular formula is C18H15FN4O2. The number of hydrogen-bond acceptors (Lipinski definition) is 3. The molecule has 2 aromatic carbocycles. The summed E-state index contributed by atoms with van der Waals surface area (Å²) in [7, 11) is 0. The van der Waals surface area contributed by atoms with Crippen LogP contribution in [-0.2, 0) is 11.3 Å². The van der Waals surface area contributed by atoms with Gasteiger partial charge in [-0.05, 0) is 30.3 Å². The summed E-state index contributed by atoms with van der Waals surface area (Å²) in [5, 5.41) is 4.81. The number of primary amides is 1. The maximum absolute atomic E-state index is 12.9. The summed E-state index contributed by atoms with van der Waals surface area (Å²) in [4.78, 5) is 23.1. The highest BCUT2D eigenvalue weighted by Gasteiger charge is 2.08. The summed E-state index contributed by atoms with van der Waals surface area (Å²) in [6.45, 7) is 0.0519. The van der Waals surface area contributed by atoms with E-state index in [0.29, 0.717) is 5.56 Å². The Hall–Kier alpha value is -3.48. The summed E-state index contributed by atoms with van der Waals surface area (Å²) >= 11 is 0. The molecule has 2 amide bonds. The molecule has 0 aliphatic carbocycles. The first-order valence-electron chi connectivity index (χ1n) is 7.50. The van der Waals surface area contributed by atoms with Crippen LogP contribution in [0.4, 0.5) is 4.39 Å². The standard InChI is InChI=1S/C18H15FN4O2/c19-14-7-5-12(6-8-14)18(25)22-21-9-13-10-23(11-17(20)24)16-4-2-1-3-15(13)16/h1-10H,11H2,(H2,20,24)(H,22,25)/b21-9+. The van der Waals surface area contributed by atoms with Crippen LogP contribution in [0.2, 0.25) is 0 Å². The monoisotopic (exact) mass is 338 g/mol. The predicted molar refractivity (Wildman–Crippen MR) is 92.6 cm³/mol. The van der Waals surface area contributed by atoms with E-state index in [9.17, 15) is 14.0 Å². The Morgan fingerprint density at radius 1 is 1.16 bits per heavy atom. The van der Waals surface area contributed by atoms with Gasteiger partial charge in [-0.25, -0.2) is 9.82 Å². The van der Waals surface area contributed by atoms with Gasteiger partial charge in [0.1, 0.15) is 12.4 Å². The van der Waals surface area contributed by atoms with Crippen LogP contribution < -0.4 is 11.2 Å². The lowest BCUT2D eigenvalue weighted by Gasteiger charge is -2.00. The Bertz CT molecular complexity index is 961. The van der Waals surface area contributed by atoms with E-state index in [-0.39, 0.29) is 6.54 Å². The molecule has 6 nitrogen and oxygen atoms in total. The number of benzene rings is 2. The first-order valence-corrected chi connectivity index (χ1v) is 7.50. The van der Waals surface area contributed by atoms with Crippen LogP contribution in [0.25, 0.3) is 10.9 Å². The molecule has 25 heavy (non-hydrogen) atoms. The number of amides is 2. The average molecular weight is 338 g/mol. The number of nitrogens with two attached hydrogens (primary N) is 1. The van der Waals surface area contributed by atoms with Crippen molar-refractivity contribution in [2.24, 2.45) is 10.8 Å². The van der Waals surface area contributed by atoms with Gasteiger partial charge in [-0.15, -0.1) is 0 Å². The number of para-hydroxylation sites is 1. The predicted octanol–water partition coefficient (Wildman–Crippen LogP) is 2.03. The number of nitrogens with zero attached hydrogens (tertiary/aromatic N) is 2. The molecule has 0 saturated heterocycles. The molecular weight excluding hydrogens is 323 g/mol. The van der Waals surface area contributed by atoms with Crippen LogP contribution >= 0.6 is 0 Å². The molecule has 0 spiro atoms. The number of nitrogens with one attached hydrogen (secondary N) is 1. The summed E-state index contributed by atoms with van der Waals surface area (Å²) in [6, 6.07) is 12.6. The molecule has 1 aromatic heterocycles. The largest absolute Gasteiger partial charge is 0.368 e. The molecule has 3 N–H and O–H groups in total. The minimum Gasteiger partial charge on any atom is -0.368 e. The molecule has 0 saturated carbocycles. The van der Waals surface area contributed by atoms with Crippen molar-refractivity contribution in [3.63, 3.8) is 0 Å². The Morgan fingerprint density at radius 3 is 2.60 bits per heavy atom. The van der Waals surface area contributed by atoms with Crippen molar-refractivity contribution < 1.29 is 14.0 Å². The number of halogens is 1. The number of carbonyl (C=O) groups excluding carboxylic acids is 2. The lowest BCUT2D eigenvalue weighted by Crippen LogP contribution is -2.18. The molecule has 0 atom stereocenters. The van der Waals surface area contributed by atoms with E-state index >= 15 is 0 Å². The fourth-order valence-electron chi connectivity index (χ4n) is 2.50. The van der Waals surface area contributed by atoms with Crippen LogP contribution in [-0.4, -0.2) is 22.6 Å². The molecule has 0 radical (unpaired) electrons. The Morgan fingerprint density at radius 2 is 1.88 bits per heavy atom. The molecule has 7 heteroatoms. The van der Waals surface area contributed by atoms with Crippen LogP contribution in [0.5, 0.6) is 0 Å². The molecule has 0 aliphatic rings. The molecule has 126 valence electrons. The fourth-order valence-corrected chi connectivity index (χ4v) is 2.50. The van der Waals surface area contributed by atoms with Gasteiger partial charge in [0.05, 0.1) is 6.21 Å². The second-order valence-electron chi connectivity index (χ2n) is 5.40. The quantitative estimate of drug-likeness (QED) is 0.550. The first-order chi connectivity index (χ1) is 12.0. The van der Waals surface area contributed by atoms with Gasteiger partial charge >= 0.3 is 0 Å². The van der Waals surface area contributed by atoms with Gasteiger partial charge in [-0.3, -0.25) is 9.59 Å². The smallest absolute Gasteiger partial charge is 0.271 e. The molecule has 1 heterocycles. The minimum absolute atomic E-state index is 0.0519. The Labute approximate surface area is 142 Å². The summed E-state index contributed by atoms with van der Waals surface area (Å²) < 4.78 is 14.6. The summed E-state index contributed by atoms with van der Waals surface area (Å²) in [5.41, 5.74) is 9.53. The third kappa shape index (κ3) is 3.72. The van der Waals surface area contributed by atoms with Gasteiger partial charge in [0, 0.05) is 28.2 Å². The molecule has 3 rings (SSSR count). The Balaban J connectivity index is 1.80. The van der Waals surface area contributed by atoms with Crippen molar-refractivity contribution in [3.05, 3.63) is 71.7 Å². The van der Waals surface area contributed by atoms with Crippen molar-refractivity contribution in [2.75, 3.05) is 0 Å². The maximum atomic E-state index is 12.9. The fraction of sp³-hybridized carbons (Fsp3) is 0.0556.